The number of nitrogens with zero attached hydrogens (tertiary/aromatic N) is 2. The van der Waals surface area contributed by atoms with E-state index in [4.69, 9.17) is 0 Å². The number of rotatable bonds is 3. The van der Waals surface area contributed by atoms with Crippen LogP contribution in [0.3, 0.4) is 0 Å². The molecule has 0 saturated heterocycles. The highest BCUT2D eigenvalue weighted by molar-refractivity contribution is 5.27. The van der Waals surface area contributed by atoms with E-state index in [1.807, 2.05) is 31.2 Å². The molecule has 0 aliphatic rings. The van der Waals surface area contributed by atoms with Crippen LogP contribution < -0.4 is 5.56 Å². The van der Waals surface area contributed by atoms with Gasteiger partial charge < -0.3 is 5.11 Å². The molecule has 1 atom stereocenters. The molecule has 4 nitrogen and oxygen atoms in total. The fourth-order valence-electron chi connectivity index (χ4n) is 2.22. The number of benzene rings is 1. The van der Waals surface area contributed by atoms with Crippen LogP contribution in [0.2, 0.25) is 0 Å². The molecule has 4 heteroatoms. The summed E-state index contributed by atoms with van der Waals surface area (Å²) >= 11 is 0. The van der Waals surface area contributed by atoms with Gasteiger partial charge >= 0.3 is 0 Å². The molecular formula is C15H18N2O2. The molecule has 2 rings (SSSR count). The van der Waals surface area contributed by atoms with Crippen LogP contribution in [0.4, 0.5) is 0 Å². The Kier molecular flexibility index (Phi) is 3.81. The van der Waals surface area contributed by atoms with Gasteiger partial charge in [-0.3, -0.25) is 9.36 Å². The molecular weight excluding hydrogens is 240 g/mol. The third kappa shape index (κ3) is 2.90. The summed E-state index contributed by atoms with van der Waals surface area (Å²) in [5, 5.41) is 10.3. The zero-order valence-electron chi connectivity index (χ0n) is 11.4. The van der Waals surface area contributed by atoms with Gasteiger partial charge in [0.25, 0.3) is 5.56 Å². The van der Waals surface area contributed by atoms with Crippen LogP contribution in [0.15, 0.2) is 35.1 Å². The van der Waals surface area contributed by atoms with Crippen LogP contribution in [0.1, 0.15) is 28.7 Å². The maximum Gasteiger partial charge on any atom is 0.253 e. The van der Waals surface area contributed by atoms with Crippen molar-refractivity contribution >= 4 is 0 Å². The van der Waals surface area contributed by atoms with Crippen molar-refractivity contribution in [2.45, 2.75) is 33.4 Å². The Labute approximate surface area is 112 Å². The van der Waals surface area contributed by atoms with Crippen LogP contribution in [0, 0.1) is 20.8 Å². The van der Waals surface area contributed by atoms with E-state index in [0.717, 1.165) is 11.1 Å². The normalized spacial score (nSPS) is 12.4. The third-order valence-corrected chi connectivity index (χ3v) is 3.23. The van der Waals surface area contributed by atoms with Crippen molar-refractivity contribution in [3.63, 3.8) is 0 Å². The van der Waals surface area contributed by atoms with E-state index < -0.39 is 6.10 Å². The molecule has 0 aliphatic heterocycles. The SMILES string of the molecule is Cc1cc(=O)n(CC(O)c2ccccc2C)c(C)n1. The molecule has 2 aromatic rings. The van der Waals surface area contributed by atoms with Crippen LogP contribution in [-0.2, 0) is 6.54 Å². The second-order valence-electron chi connectivity index (χ2n) is 4.77. The Hall–Kier alpha value is -1.94. The highest BCUT2D eigenvalue weighted by Gasteiger charge is 2.13. The summed E-state index contributed by atoms with van der Waals surface area (Å²) in [6, 6.07) is 9.12. The summed E-state index contributed by atoms with van der Waals surface area (Å²) in [4.78, 5) is 16.2. The molecule has 0 radical (unpaired) electrons. The van der Waals surface area contributed by atoms with Crippen LogP contribution in [-0.4, -0.2) is 14.7 Å². The molecule has 19 heavy (non-hydrogen) atoms. The third-order valence-electron chi connectivity index (χ3n) is 3.23. The van der Waals surface area contributed by atoms with Gasteiger partial charge in [0, 0.05) is 11.8 Å². The van der Waals surface area contributed by atoms with Gasteiger partial charge in [0.2, 0.25) is 0 Å². The van der Waals surface area contributed by atoms with E-state index in [0.29, 0.717) is 11.5 Å². The predicted molar refractivity (Wildman–Crippen MR) is 74.1 cm³/mol. The molecule has 100 valence electrons. The fourth-order valence-corrected chi connectivity index (χ4v) is 2.22. The van der Waals surface area contributed by atoms with Crippen LogP contribution >= 0.6 is 0 Å². The molecule has 1 unspecified atom stereocenters. The Bertz CT molecular complexity index is 647. The van der Waals surface area contributed by atoms with E-state index >= 15 is 0 Å². The number of hydrogen-bond donors (Lipinski definition) is 1. The summed E-state index contributed by atoms with van der Waals surface area (Å²) in [6.07, 6.45) is -0.706. The van der Waals surface area contributed by atoms with Crippen molar-refractivity contribution in [3.8, 4) is 0 Å². The number of aromatic nitrogens is 2. The summed E-state index contributed by atoms with van der Waals surface area (Å²) in [5.74, 6) is 0.623. The van der Waals surface area contributed by atoms with Crippen molar-refractivity contribution in [1.29, 1.82) is 0 Å². The summed E-state index contributed by atoms with van der Waals surface area (Å²) in [7, 11) is 0. The smallest absolute Gasteiger partial charge is 0.253 e. The summed E-state index contributed by atoms with van der Waals surface area (Å²) in [5.41, 5.74) is 2.43. The molecule has 0 fully saturated rings. The molecule has 0 aliphatic carbocycles. The van der Waals surface area contributed by atoms with E-state index in [1.165, 1.54) is 10.6 Å². The Balaban J connectivity index is 2.32. The number of aliphatic hydroxyl groups is 1. The second kappa shape index (κ2) is 5.36. The maximum absolute atomic E-state index is 11.9. The lowest BCUT2D eigenvalue weighted by molar-refractivity contribution is 0.153. The average Bonchev–Trinajstić information content (AvgIpc) is 2.34. The Morgan fingerprint density at radius 3 is 2.58 bits per heavy atom. The quantitative estimate of drug-likeness (QED) is 0.914. The lowest BCUT2D eigenvalue weighted by Crippen LogP contribution is -2.26. The first-order valence-corrected chi connectivity index (χ1v) is 6.27. The Morgan fingerprint density at radius 1 is 1.26 bits per heavy atom. The van der Waals surface area contributed by atoms with E-state index in [9.17, 15) is 9.90 Å². The van der Waals surface area contributed by atoms with Crippen molar-refractivity contribution in [2.24, 2.45) is 0 Å². The average molecular weight is 258 g/mol. The van der Waals surface area contributed by atoms with E-state index in [2.05, 4.69) is 4.98 Å². The van der Waals surface area contributed by atoms with E-state index in [-0.39, 0.29) is 12.1 Å². The van der Waals surface area contributed by atoms with Gasteiger partial charge in [-0.15, -0.1) is 0 Å². The highest BCUT2D eigenvalue weighted by Crippen LogP contribution is 2.18. The van der Waals surface area contributed by atoms with Gasteiger partial charge in [0.15, 0.2) is 0 Å². The minimum absolute atomic E-state index is 0.127. The van der Waals surface area contributed by atoms with E-state index in [1.54, 1.807) is 13.8 Å². The summed E-state index contributed by atoms with van der Waals surface area (Å²) < 4.78 is 1.50. The first-order chi connectivity index (χ1) is 8.99. The minimum atomic E-state index is -0.706. The van der Waals surface area contributed by atoms with Crippen molar-refractivity contribution in [1.82, 2.24) is 9.55 Å². The van der Waals surface area contributed by atoms with Gasteiger partial charge in [-0.25, -0.2) is 4.98 Å². The van der Waals surface area contributed by atoms with Gasteiger partial charge in [-0.2, -0.15) is 0 Å². The van der Waals surface area contributed by atoms with Crippen LogP contribution in [0.25, 0.3) is 0 Å². The monoisotopic (exact) mass is 258 g/mol. The van der Waals surface area contributed by atoms with Crippen molar-refractivity contribution in [2.75, 3.05) is 0 Å². The molecule has 0 spiro atoms. The lowest BCUT2D eigenvalue weighted by atomic mass is 10.0. The molecule has 0 saturated carbocycles. The number of aliphatic hydroxyl groups excluding tert-OH is 1. The topological polar surface area (TPSA) is 55.1 Å². The number of aryl methyl sites for hydroxylation is 3. The van der Waals surface area contributed by atoms with Gasteiger partial charge in [-0.1, -0.05) is 24.3 Å². The molecule has 1 aromatic carbocycles. The van der Waals surface area contributed by atoms with Crippen molar-refractivity contribution < 1.29 is 5.11 Å². The van der Waals surface area contributed by atoms with Gasteiger partial charge in [0.1, 0.15) is 5.82 Å². The first-order valence-electron chi connectivity index (χ1n) is 6.27. The van der Waals surface area contributed by atoms with Gasteiger partial charge in [-0.05, 0) is 31.9 Å². The second-order valence-corrected chi connectivity index (χ2v) is 4.77. The summed E-state index contributed by atoms with van der Waals surface area (Å²) in [6.45, 7) is 5.74. The Morgan fingerprint density at radius 2 is 1.95 bits per heavy atom. The fraction of sp³-hybridized carbons (Fsp3) is 0.333. The minimum Gasteiger partial charge on any atom is -0.387 e. The molecule has 0 bridgehead atoms. The zero-order chi connectivity index (χ0) is 14.0. The molecule has 1 aromatic heterocycles. The van der Waals surface area contributed by atoms with Crippen LogP contribution in [0.5, 0.6) is 0 Å². The largest absolute Gasteiger partial charge is 0.387 e. The highest BCUT2D eigenvalue weighted by atomic mass is 16.3. The molecule has 1 N–H and O–H groups in total. The first kappa shape index (κ1) is 13.5. The number of hydrogen-bond acceptors (Lipinski definition) is 3. The maximum atomic E-state index is 11.9. The zero-order valence-corrected chi connectivity index (χ0v) is 11.4. The molecule has 0 amide bonds. The lowest BCUT2D eigenvalue weighted by Gasteiger charge is -2.16. The predicted octanol–water partition coefficient (Wildman–Crippen LogP) is 1.90. The standard InChI is InChI=1S/C15H18N2O2/c1-10-6-4-5-7-13(10)14(18)9-17-12(3)16-11(2)8-15(17)19/h4-8,14,18H,9H2,1-3H3. The molecule has 1 heterocycles. The van der Waals surface area contributed by atoms with Gasteiger partial charge in [0.05, 0.1) is 12.6 Å². The van der Waals surface area contributed by atoms with Crippen molar-refractivity contribution in [3.05, 3.63) is 63.3 Å².